The SMILES string of the molecule is O=C(CNC(=O)c1cccs1)Nc1ccc(OCc2ccccc2)cc1. The highest BCUT2D eigenvalue weighted by Crippen LogP contribution is 2.17. The molecule has 0 aliphatic rings. The van der Waals surface area contributed by atoms with Crippen LogP contribution in [0.25, 0.3) is 0 Å². The van der Waals surface area contributed by atoms with Crippen molar-refractivity contribution in [3.8, 4) is 5.75 Å². The lowest BCUT2D eigenvalue weighted by Gasteiger charge is -2.09. The van der Waals surface area contributed by atoms with Gasteiger partial charge in [-0.2, -0.15) is 0 Å². The number of hydrogen-bond acceptors (Lipinski definition) is 4. The van der Waals surface area contributed by atoms with Gasteiger partial charge in [0, 0.05) is 5.69 Å². The Morgan fingerprint density at radius 3 is 2.38 bits per heavy atom. The maximum atomic E-state index is 11.9. The molecule has 0 spiro atoms. The van der Waals surface area contributed by atoms with E-state index in [1.54, 1.807) is 36.4 Å². The minimum Gasteiger partial charge on any atom is -0.489 e. The Morgan fingerprint density at radius 1 is 0.923 bits per heavy atom. The van der Waals surface area contributed by atoms with E-state index in [2.05, 4.69) is 10.6 Å². The third kappa shape index (κ3) is 5.19. The van der Waals surface area contributed by atoms with Gasteiger partial charge in [-0.05, 0) is 41.3 Å². The molecule has 6 heteroatoms. The number of hydrogen-bond donors (Lipinski definition) is 2. The fraction of sp³-hybridized carbons (Fsp3) is 0.100. The summed E-state index contributed by atoms with van der Waals surface area (Å²) in [5.74, 6) is 0.186. The third-order valence-electron chi connectivity index (χ3n) is 3.54. The van der Waals surface area contributed by atoms with Gasteiger partial charge in [0.15, 0.2) is 0 Å². The molecular formula is C20H18N2O3S. The van der Waals surface area contributed by atoms with E-state index in [9.17, 15) is 9.59 Å². The van der Waals surface area contributed by atoms with Crippen molar-refractivity contribution < 1.29 is 14.3 Å². The van der Waals surface area contributed by atoms with Crippen molar-refractivity contribution in [3.05, 3.63) is 82.6 Å². The molecule has 0 radical (unpaired) electrons. The van der Waals surface area contributed by atoms with E-state index in [0.717, 1.165) is 11.3 Å². The van der Waals surface area contributed by atoms with Crippen LogP contribution in [0.15, 0.2) is 72.1 Å². The molecule has 2 aromatic carbocycles. The zero-order valence-electron chi connectivity index (χ0n) is 14.0. The van der Waals surface area contributed by atoms with E-state index in [1.807, 2.05) is 35.7 Å². The van der Waals surface area contributed by atoms with Crippen LogP contribution in [0.4, 0.5) is 5.69 Å². The molecular weight excluding hydrogens is 348 g/mol. The predicted molar refractivity (Wildman–Crippen MR) is 102 cm³/mol. The largest absolute Gasteiger partial charge is 0.489 e. The van der Waals surface area contributed by atoms with Crippen LogP contribution in [0.5, 0.6) is 5.75 Å². The van der Waals surface area contributed by atoms with Gasteiger partial charge in [-0.25, -0.2) is 0 Å². The van der Waals surface area contributed by atoms with Gasteiger partial charge in [-0.1, -0.05) is 36.4 Å². The van der Waals surface area contributed by atoms with Crippen molar-refractivity contribution >= 4 is 28.8 Å². The molecule has 26 heavy (non-hydrogen) atoms. The molecule has 2 N–H and O–H groups in total. The van der Waals surface area contributed by atoms with Crippen molar-refractivity contribution in [3.63, 3.8) is 0 Å². The number of amides is 2. The minimum atomic E-state index is -0.284. The molecule has 0 fully saturated rings. The van der Waals surface area contributed by atoms with E-state index in [0.29, 0.717) is 17.2 Å². The number of benzene rings is 2. The number of thiophene rings is 1. The number of ether oxygens (including phenoxy) is 1. The second-order valence-electron chi connectivity index (χ2n) is 5.51. The van der Waals surface area contributed by atoms with Crippen LogP contribution in [-0.4, -0.2) is 18.4 Å². The van der Waals surface area contributed by atoms with Crippen molar-refractivity contribution in [2.24, 2.45) is 0 Å². The summed E-state index contributed by atoms with van der Waals surface area (Å²) in [7, 11) is 0. The topological polar surface area (TPSA) is 67.4 Å². The van der Waals surface area contributed by atoms with Crippen molar-refractivity contribution in [1.29, 1.82) is 0 Å². The third-order valence-corrected chi connectivity index (χ3v) is 4.41. The quantitative estimate of drug-likeness (QED) is 0.670. The van der Waals surface area contributed by atoms with Gasteiger partial charge in [0.2, 0.25) is 5.91 Å². The Morgan fingerprint density at radius 2 is 1.69 bits per heavy atom. The maximum Gasteiger partial charge on any atom is 0.261 e. The van der Waals surface area contributed by atoms with Crippen molar-refractivity contribution in [2.75, 3.05) is 11.9 Å². The molecule has 0 saturated carbocycles. The first-order valence-electron chi connectivity index (χ1n) is 8.09. The molecule has 0 aliphatic heterocycles. The Kier molecular flexibility index (Phi) is 6.01. The lowest BCUT2D eigenvalue weighted by Crippen LogP contribution is -2.32. The first-order chi connectivity index (χ1) is 12.7. The van der Waals surface area contributed by atoms with Crippen LogP contribution in [0, 0.1) is 0 Å². The molecule has 3 aromatic rings. The summed E-state index contributed by atoms with van der Waals surface area (Å²) in [6.45, 7) is 0.407. The summed E-state index contributed by atoms with van der Waals surface area (Å²) in [5, 5.41) is 7.14. The van der Waals surface area contributed by atoms with Gasteiger partial charge >= 0.3 is 0 Å². The number of carbonyl (C=O) groups excluding carboxylic acids is 2. The molecule has 0 bridgehead atoms. The predicted octanol–water partition coefficient (Wildman–Crippen LogP) is 3.70. The van der Waals surface area contributed by atoms with Crippen LogP contribution in [0.1, 0.15) is 15.2 Å². The normalized spacial score (nSPS) is 10.2. The molecule has 0 aliphatic carbocycles. The van der Waals surface area contributed by atoms with Gasteiger partial charge in [0.05, 0.1) is 11.4 Å². The Hall–Kier alpha value is -3.12. The highest BCUT2D eigenvalue weighted by molar-refractivity contribution is 7.12. The molecule has 5 nitrogen and oxygen atoms in total. The van der Waals surface area contributed by atoms with Crippen molar-refractivity contribution in [2.45, 2.75) is 6.61 Å². The summed E-state index contributed by atoms with van der Waals surface area (Å²) in [6.07, 6.45) is 0. The van der Waals surface area contributed by atoms with E-state index < -0.39 is 0 Å². The monoisotopic (exact) mass is 366 g/mol. The smallest absolute Gasteiger partial charge is 0.261 e. The molecule has 0 atom stereocenters. The maximum absolute atomic E-state index is 11.9. The first-order valence-corrected chi connectivity index (χ1v) is 8.97. The Bertz CT molecular complexity index is 847. The Balaban J connectivity index is 1.44. The minimum absolute atomic E-state index is 0.0804. The molecule has 0 saturated heterocycles. The van der Waals surface area contributed by atoms with E-state index >= 15 is 0 Å². The van der Waals surface area contributed by atoms with Crippen LogP contribution in [0.3, 0.4) is 0 Å². The average molecular weight is 366 g/mol. The lowest BCUT2D eigenvalue weighted by atomic mass is 10.2. The molecule has 1 heterocycles. The fourth-order valence-electron chi connectivity index (χ4n) is 2.24. The standard InChI is InChI=1S/C20H18N2O3S/c23-19(13-21-20(24)18-7-4-12-26-18)22-16-8-10-17(11-9-16)25-14-15-5-2-1-3-6-15/h1-12H,13-14H2,(H,21,24)(H,22,23). The van der Waals surface area contributed by atoms with E-state index in [4.69, 9.17) is 4.74 Å². The highest BCUT2D eigenvalue weighted by Gasteiger charge is 2.09. The van der Waals surface area contributed by atoms with Gasteiger partial charge in [-0.3, -0.25) is 9.59 Å². The zero-order chi connectivity index (χ0) is 18.2. The van der Waals surface area contributed by atoms with Crippen LogP contribution in [0.2, 0.25) is 0 Å². The van der Waals surface area contributed by atoms with Crippen LogP contribution >= 0.6 is 11.3 Å². The molecule has 3 rings (SSSR count). The summed E-state index contributed by atoms with van der Waals surface area (Å²) in [4.78, 5) is 24.3. The number of anilines is 1. The summed E-state index contributed by atoms with van der Waals surface area (Å²) in [5.41, 5.74) is 1.73. The van der Waals surface area contributed by atoms with E-state index in [1.165, 1.54) is 11.3 Å². The van der Waals surface area contributed by atoms with Crippen LogP contribution < -0.4 is 15.4 Å². The van der Waals surface area contributed by atoms with Gasteiger partial charge in [0.1, 0.15) is 12.4 Å². The van der Waals surface area contributed by atoms with Gasteiger partial charge in [0.25, 0.3) is 5.91 Å². The lowest BCUT2D eigenvalue weighted by molar-refractivity contribution is -0.115. The summed E-state index contributed by atoms with van der Waals surface area (Å²) < 4.78 is 5.70. The molecule has 132 valence electrons. The molecule has 2 amide bonds. The van der Waals surface area contributed by atoms with Gasteiger partial charge < -0.3 is 15.4 Å². The first kappa shape index (κ1) is 17.7. The number of rotatable bonds is 7. The Labute approximate surface area is 155 Å². The second-order valence-corrected chi connectivity index (χ2v) is 6.45. The van der Waals surface area contributed by atoms with Crippen molar-refractivity contribution in [1.82, 2.24) is 5.32 Å². The highest BCUT2D eigenvalue weighted by atomic mass is 32.1. The molecule has 1 aromatic heterocycles. The zero-order valence-corrected chi connectivity index (χ0v) is 14.8. The fourth-order valence-corrected chi connectivity index (χ4v) is 2.88. The number of carbonyl (C=O) groups is 2. The van der Waals surface area contributed by atoms with E-state index in [-0.39, 0.29) is 18.4 Å². The second kappa shape index (κ2) is 8.82. The van der Waals surface area contributed by atoms with Gasteiger partial charge in [-0.15, -0.1) is 11.3 Å². The summed E-state index contributed by atoms with van der Waals surface area (Å²) in [6, 6.07) is 20.5. The summed E-state index contributed by atoms with van der Waals surface area (Å²) >= 11 is 1.33. The van der Waals surface area contributed by atoms with Crippen LogP contribution in [-0.2, 0) is 11.4 Å². The molecule has 0 unspecified atom stereocenters. The number of nitrogens with one attached hydrogen (secondary N) is 2. The average Bonchev–Trinajstić information content (AvgIpc) is 3.21.